The molecule has 0 radical (unpaired) electrons. The Balaban J connectivity index is 1.15. The van der Waals surface area contributed by atoms with Crippen molar-refractivity contribution in [3.8, 4) is 11.1 Å². The molecule has 4 rings (SSSR count). The van der Waals surface area contributed by atoms with Gasteiger partial charge in [-0.2, -0.15) is 0 Å². The van der Waals surface area contributed by atoms with Gasteiger partial charge in [0.05, 0.1) is 0 Å². The van der Waals surface area contributed by atoms with E-state index in [-0.39, 0.29) is 42.7 Å². The number of carboxylic acid groups (broad SMARTS) is 1. The van der Waals surface area contributed by atoms with E-state index in [0.29, 0.717) is 19.4 Å². The lowest BCUT2D eigenvalue weighted by Gasteiger charge is -2.17. The zero-order chi connectivity index (χ0) is 24.8. The standard InChI is InChI=1S/C28H34N2O5/c1-18(10-13-26(31)30-20-12-11-19(14-20)15-27(32)33)16-29-28(34)35-17-25-23-8-4-2-6-21(23)22-7-3-5-9-24(22)25/h2-9,18-20,25H,10-17H2,1H3,(H,29,34)(H,30,31)(H,32,33)/t18?,19-,20+/m0/s1. The number of fused-ring (bicyclic) bond motifs is 3. The van der Waals surface area contributed by atoms with Crippen molar-refractivity contribution in [3.63, 3.8) is 0 Å². The van der Waals surface area contributed by atoms with Crippen LogP contribution in [0.2, 0.25) is 0 Å². The van der Waals surface area contributed by atoms with Gasteiger partial charge in [-0.15, -0.1) is 0 Å². The maximum Gasteiger partial charge on any atom is 0.407 e. The van der Waals surface area contributed by atoms with Gasteiger partial charge in [0, 0.05) is 31.3 Å². The molecular weight excluding hydrogens is 444 g/mol. The average Bonchev–Trinajstić information content (AvgIpc) is 3.41. The predicted octanol–water partition coefficient (Wildman–Crippen LogP) is 4.70. The number of benzene rings is 2. The number of carboxylic acids is 1. The summed E-state index contributed by atoms with van der Waals surface area (Å²) in [6.45, 7) is 2.71. The van der Waals surface area contributed by atoms with Crippen molar-refractivity contribution in [2.75, 3.05) is 13.2 Å². The van der Waals surface area contributed by atoms with Crippen molar-refractivity contribution < 1.29 is 24.2 Å². The Hall–Kier alpha value is -3.35. The van der Waals surface area contributed by atoms with E-state index in [4.69, 9.17) is 9.84 Å². The minimum absolute atomic E-state index is 0.0148. The topological polar surface area (TPSA) is 105 Å². The Morgan fingerprint density at radius 2 is 1.69 bits per heavy atom. The Bertz CT molecular complexity index is 1020. The van der Waals surface area contributed by atoms with Crippen LogP contribution in [0.15, 0.2) is 48.5 Å². The molecule has 0 bridgehead atoms. The fraction of sp³-hybridized carbons (Fsp3) is 0.464. The van der Waals surface area contributed by atoms with Gasteiger partial charge in [0.25, 0.3) is 0 Å². The molecule has 0 heterocycles. The predicted molar refractivity (Wildman–Crippen MR) is 133 cm³/mol. The van der Waals surface area contributed by atoms with E-state index in [1.54, 1.807) is 0 Å². The van der Waals surface area contributed by atoms with Crippen molar-refractivity contribution in [1.29, 1.82) is 0 Å². The Labute approximate surface area is 206 Å². The zero-order valence-corrected chi connectivity index (χ0v) is 20.2. The van der Waals surface area contributed by atoms with Crippen LogP contribution in [0, 0.1) is 11.8 Å². The van der Waals surface area contributed by atoms with Gasteiger partial charge < -0.3 is 20.5 Å². The quantitative estimate of drug-likeness (QED) is 0.459. The first-order valence-electron chi connectivity index (χ1n) is 12.5. The maximum absolute atomic E-state index is 12.3. The molecule has 1 saturated carbocycles. The van der Waals surface area contributed by atoms with Gasteiger partial charge in [0.2, 0.25) is 5.91 Å². The van der Waals surface area contributed by atoms with Crippen LogP contribution in [0.25, 0.3) is 11.1 Å². The van der Waals surface area contributed by atoms with Crippen molar-refractivity contribution in [3.05, 3.63) is 59.7 Å². The Kier molecular flexibility index (Phi) is 8.06. The first-order chi connectivity index (χ1) is 16.9. The molecular formula is C28H34N2O5. The lowest BCUT2D eigenvalue weighted by atomic mass is 9.98. The van der Waals surface area contributed by atoms with Crippen LogP contribution >= 0.6 is 0 Å². The number of ether oxygens (including phenoxy) is 1. The van der Waals surface area contributed by atoms with Crippen LogP contribution < -0.4 is 10.6 Å². The number of hydrogen-bond acceptors (Lipinski definition) is 4. The highest BCUT2D eigenvalue weighted by molar-refractivity contribution is 5.79. The summed E-state index contributed by atoms with van der Waals surface area (Å²) in [7, 11) is 0. The Morgan fingerprint density at radius 3 is 2.34 bits per heavy atom. The van der Waals surface area contributed by atoms with Gasteiger partial charge in [-0.3, -0.25) is 9.59 Å². The summed E-state index contributed by atoms with van der Waals surface area (Å²) >= 11 is 0. The van der Waals surface area contributed by atoms with E-state index in [2.05, 4.69) is 34.9 Å². The van der Waals surface area contributed by atoms with Gasteiger partial charge in [-0.1, -0.05) is 55.5 Å². The average molecular weight is 479 g/mol. The summed E-state index contributed by atoms with van der Waals surface area (Å²) in [5.41, 5.74) is 4.74. The van der Waals surface area contributed by atoms with Crippen LogP contribution in [0.1, 0.15) is 62.5 Å². The fourth-order valence-electron chi connectivity index (χ4n) is 5.32. The first kappa shape index (κ1) is 24.8. The highest BCUT2D eigenvalue weighted by Gasteiger charge is 2.29. The van der Waals surface area contributed by atoms with E-state index >= 15 is 0 Å². The lowest BCUT2D eigenvalue weighted by molar-refractivity contribution is -0.138. The zero-order valence-electron chi connectivity index (χ0n) is 20.2. The normalized spacial score (nSPS) is 19.5. The first-order valence-corrected chi connectivity index (χ1v) is 12.5. The van der Waals surface area contributed by atoms with Crippen LogP contribution in [0.4, 0.5) is 4.79 Å². The second-order valence-electron chi connectivity index (χ2n) is 9.89. The van der Waals surface area contributed by atoms with Gasteiger partial charge in [-0.05, 0) is 59.8 Å². The summed E-state index contributed by atoms with van der Waals surface area (Å²) in [5.74, 6) is -0.485. The molecule has 1 unspecified atom stereocenters. The molecule has 35 heavy (non-hydrogen) atoms. The van der Waals surface area contributed by atoms with Gasteiger partial charge in [-0.25, -0.2) is 4.79 Å². The number of carbonyl (C=O) groups excluding carboxylic acids is 2. The van der Waals surface area contributed by atoms with Crippen LogP contribution in [-0.4, -0.2) is 42.3 Å². The number of amides is 2. The highest BCUT2D eigenvalue weighted by Crippen LogP contribution is 2.44. The smallest absolute Gasteiger partial charge is 0.407 e. The lowest BCUT2D eigenvalue weighted by Crippen LogP contribution is -2.34. The molecule has 7 heteroatoms. The molecule has 0 spiro atoms. The molecule has 2 aromatic rings. The van der Waals surface area contributed by atoms with E-state index in [9.17, 15) is 14.4 Å². The minimum atomic E-state index is -0.778. The van der Waals surface area contributed by atoms with Crippen LogP contribution in [-0.2, 0) is 14.3 Å². The second-order valence-corrected chi connectivity index (χ2v) is 9.89. The summed E-state index contributed by atoms with van der Waals surface area (Å²) in [4.78, 5) is 35.5. The maximum atomic E-state index is 12.3. The van der Waals surface area contributed by atoms with Gasteiger partial charge >= 0.3 is 12.1 Å². The van der Waals surface area contributed by atoms with E-state index < -0.39 is 12.1 Å². The third-order valence-electron chi connectivity index (χ3n) is 7.17. The van der Waals surface area contributed by atoms with Crippen molar-refractivity contribution in [1.82, 2.24) is 10.6 Å². The molecule has 2 aromatic carbocycles. The summed E-state index contributed by atoms with van der Waals surface area (Å²) < 4.78 is 5.57. The molecule has 1 fully saturated rings. The molecule has 3 atom stereocenters. The third-order valence-corrected chi connectivity index (χ3v) is 7.17. The molecule has 2 amide bonds. The molecule has 186 valence electrons. The second kappa shape index (κ2) is 11.4. The summed E-state index contributed by atoms with van der Waals surface area (Å²) in [6.07, 6.45) is 3.18. The molecule has 0 aromatic heterocycles. The highest BCUT2D eigenvalue weighted by atomic mass is 16.5. The number of nitrogens with one attached hydrogen (secondary N) is 2. The minimum Gasteiger partial charge on any atom is -0.481 e. The Morgan fingerprint density at radius 1 is 1.03 bits per heavy atom. The molecule has 0 saturated heterocycles. The van der Waals surface area contributed by atoms with E-state index in [1.807, 2.05) is 31.2 Å². The monoisotopic (exact) mass is 478 g/mol. The SMILES string of the molecule is CC(CCC(=O)N[C@@H]1CC[C@H](CC(=O)O)C1)CNC(=O)OCC1c2ccccc2-c2ccccc21. The molecule has 7 nitrogen and oxygen atoms in total. The summed E-state index contributed by atoms with van der Waals surface area (Å²) in [6, 6.07) is 16.5. The third kappa shape index (κ3) is 6.41. The fourth-order valence-corrected chi connectivity index (χ4v) is 5.32. The van der Waals surface area contributed by atoms with Crippen LogP contribution in [0.3, 0.4) is 0 Å². The van der Waals surface area contributed by atoms with Crippen LogP contribution in [0.5, 0.6) is 0 Å². The summed E-state index contributed by atoms with van der Waals surface area (Å²) in [5, 5.41) is 14.8. The number of rotatable bonds is 10. The van der Waals surface area contributed by atoms with E-state index in [0.717, 1.165) is 19.3 Å². The molecule has 2 aliphatic carbocycles. The number of aliphatic carboxylic acids is 1. The number of carbonyl (C=O) groups is 3. The number of hydrogen-bond donors (Lipinski definition) is 3. The largest absolute Gasteiger partial charge is 0.481 e. The number of alkyl carbamates (subject to hydrolysis) is 1. The molecule has 2 aliphatic rings. The van der Waals surface area contributed by atoms with Crippen molar-refractivity contribution >= 4 is 18.0 Å². The van der Waals surface area contributed by atoms with E-state index in [1.165, 1.54) is 22.3 Å². The molecule has 3 N–H and O–H groups in total. The van der Waals surface area contributed by atoms with Crippen molar-refractivity contribution in [2.24, 2.45) is 11.8 Å². The van der Waals surface area contributed by atoms with Crippen molar-refractivity contribution in [2.45, 2.75) is 57.4 Å². The molecule has 0 aliphatic heterocycles. The van der Waals surface area contributed by atoms with Gasteiger partial charge in [0.1, 0.15) is 6.61 Å². The van der Waals surface area contributed by atoms with Gasteiger partial charge in [0.15, 0.2) is 0 Å².